The molecule has 126 valence electrons. The summed E-state index contributed by atoms with van der Waals surface area (Å²) in [6, 6.07) is 17.3. The Morgan fingerprint density at radius 2 is 1.54 bits per heavy atom. The van der Waals surface area contributed by atoms with Crippen LogP contribution in [-0.2, 0) is 11.2 Å². The fourth-order valence-electron chi connectivity index (χ4n) is 2.49. The van der Waals surface area contributed by atoms with Crippen LogP contribution in [0.5, 0.6) is 0 Å². The predicted molar refractivity (Wildman–Crippen MR) is 95.9 cm³/mol. The van der Waals surface area contributed by atoms with Crippen molar-refractivity contribution in [3.63, 3.8) is 0 Å². The van der Waals surface area contributed by atoms with Crippen molar-refractivity contribution in [2.24, 2.45) is 0 Å². The predicted octanol–water partition coefficient (Wildman–Crippen LogP) is 2.86. The van der Waals surface area contributed by atoms with Gasteiger partial charge in [-0.3, -0.25) is 9.59 Å². The largest absolute Gasteiger partial charge is 0.354 e. The highest BCUT2D eigenvalue weighted by Crippen LogP contribution is 2.10. The first-order valence-electron chi connectivity index (χ1n) is 8.31. The second-order valence-corrected chi connectivity index (χ2v) is 5.75. The number of carbonyl (C=O) groups excluding carboxylic acids is 2. The van der Waals surface area contributed by atoms with Crippen LogP contribution in [0.3, 0.4) is 0 Å². The Hall–Kier alpha value is -2.62. The van der Waals surface area contributed by atoms with Gasteiger partial charge in [-0.2, -0.15) is 0 Å². The maximum atomic E-state index is 11.8. The summed E-state index contributed by atoms with van der Waals surface area (Å²) in [6.07, 6.45) is 2.23. The second kappa shape index (κ2) is 9.50. The van der Waals surface area contributed by atoms with Gasteiger partial charge in [0.1, 0.15) is 0 Å². The quantitative estimate of drug-likeness (QED) is 0.734. The first kappa shape index (κ1) is 17.7. The molecule has 0 atom stereocenters. The summed E-state index contributed by atoms with van der Waals surface area (Å²) >= 11 is 0. The molecule has 0 aliphatic carbocycles. The van der Waals surface area contributed by atoms with Crippen LogP contribution in [0.2, 0.25) is 0 Å². The number of amides is 2. The van der Waals surface area contributed by atoms with Crippen LogP contribution in [0.25, 0.3) is 0 Å². The molecule has 0 radical (unpaired) electrons. The van der Waals surface area contributed by atoms with Crippen molar-refractivity contribution in [3.8, 4) is 0 Å². The molecule has 0 heterocycles. The molecule has 4 nitrogen and oxygen atoms in total. The maximum absolute atomic E-state index is 11.8. The van der Waals surface area contributed by atoms with Crippen LogP contribution >= 0.6 is 0 Å². The van der Waals surface area contributed by atoms with E-state index in [-0.39, 0.29) is 11.8 Å². The summed E-state index contributed by atoms with van der Waals surface area (Å²) in [5.74, 6) is -0.0954. The Morgan fingerprint density at radius 1 is 0.875 bits per heavy atom. The highest BCUT2D eigenvalue weighted by atomic mass is 16.2. The van der Waals surface area contributed by atoms with Crippen molar-refractivity contribution < 1.29 is 9.59 Å². The Morgan fingerprint density at radius 3 is 2.29 bits per heavy atom. The van der Waals surface area contributed by atoms with Gasteiger partial charge in [0.05, 0.1) is 0 Å². The number of rotatable bonds is 8. The van der Waals surface area contributed by atoms with Crippen LogP contribution in [0.15, 0.2) is 54.6 Å². The van der Waals surface area contributed by atoms with Gasteiger partial charge in [0.15, 0.2) is 0 Å². The molecule has 0 spiro atoms. The van der Waals surface area contributed by atoms with Crippen molar-refractivity contribution in [2.75, 3.05) is 13.1 Å². The van der Waals surface area contributed by atoms with E-state index in [0.29, 0.717) is 25.1 Å². The van der Waals surface area contributed by atoms with E-state index in [9.17, 15) is 9.59 Å². The van der Waals surface area contributed by atoms with Crippen LogP contribution < -0.4 is 10.6 Å². The fourth-order valence-corrected chi connectivity index (χ4v) is 2.49. The summed E-state index contributed by atoms with van der Waals surface area (Å²) in [4.78, 5) is 23.6. The third kappa shape index (κ3) is 5.88. The van der Waals surface area contributed by atoms with Crippen molar-refractivity contribution in [1.82, 2.24) is 10.6 Å². The lowest BCUT2D eigenvalue weighted by atomic mass is 10.0. The van der Waals surface area contributed by atoms with Gasteiger partial charge in [-0.15, -0.1) is 0 Å². The lowest BCUT2D eigenvalue weighted by Gasteiger charge is -2.08. The van der Waals surface area contributed by atoms with Crippen molar-refractivity contribution in [2.45, 2.75) is 26.2 Å². The molecule has 0 saturated heterocycles. The van der Waals surface area contributed by atoms with E-state index in [1.54, 1.807) is 12.1 Å². The zero-order valence-electron chi connectivity index (χ0n) is 14.0. The lowest BCUT2D eigenvalue weighted by molar-refractivity contribution is -0.121. The number of nitrogens with one attached hydrogen (secondary N) is 2. The van der Waals surface area contributed by atoms with Crippen LogP contribution in [0.4, 0.5) is 0 Å². The minimum atomic E-state index is -0.121. The highest BCUT2D eigenvalue weighted by molar-refractivity contribution is 5.94. The molecule has 0 fully saturated rings. The van der Waals surface area contributed by atoms with Crippen molar-refractivity contribution in [3.05, 3.63) is 71.3 Å². The molecule has 0 bridgehead atoms. The van der Waals surface area contributed by atoms with Crippen molar-refractivity contribution >= 4 is 11.8 Å². The fraction of sp³-hybridized carbons (Fsp3) is 0.300. The number of carbonyl (C=O) groups is 2. The summed E-state index contributed by atoms with van der Waals surface area (Å²) in [5, 5.41) is 5.63. The van der Waals surface area contributed by atoms with Crippen LogP contribution in [0.1, 0.15) is 34.3 Å². The van der Waals surface area contributed by atoms with Gasteiger partial charge >= 0.3 is 0 Å². The zero-order chi connectivity index (χ0) is 17.2. The molecule has 0 aliphatic heterocycles. The minimum absolute atomic E-state index is 0.0255. The molecular weight excluding hydrogens is 300 g/mol. The van der Waals surface area contributed by atoms with Gasteiger partial charge in [0, 0.05) is 25.1 Å². The van der Waals surface area contributed by atoms with Gasteiger partial charge in [-0.05, 0) is 43.0 Å². The lowest BCUT2D eigenvalue weighted by Crippen LogP contribution is -2.34. The first-order chi connectivity index (χ1) is 11.7. The monoisotopic (exact) mass is 324 g/mol. The number of benzene rings is 2. The second-order valence-electron chi connectivity index (χ2n) is 5.75. The average molecular weight is 324 g/mol. The van der Waals surface area contributed by atoms with E-state index in [1.165, 1.54) is 11.1 Å². The maximum Gasteiger partial charge on any atom is 0.251 e. The van der Waals surface area contributed by atoms with Crippen LogP contribution in [0, 0.1) is 6.92 Å². The smallest absolute Gasteiger partial charge is 0.251 e. The van der Waals surface area contributed by atoms with Gasteiger partial charge in [-0.1, -0.05) is 42.5 Å². The minimum Gasteiger partial charge on any atom is -0.354 e. The normalized spacial score (nSPS) is 10.2. The molecule has 0 aliphatic rings. The Bertz CT molecular complexity index is 668. The third-order valence-electron chi connectivity index (χ3n) is 3.88. The molecule has 2 N–H and O–H groups in total. The van der Waals surface area contributed by atoms with Crippen molar-refractivity contribution in [1.29, 1.82) is 0 Å². The molecule has 2 aromatic carbocycles. The van der Waals surface area contributed by atoms with E-state index in [4.69, 9.17) is 0 Å². The van der Waals surface area contributed by atoms with E-state index in [1.807, 2.05) is 30.3 Å². The molecule has 2 rings (SSSR count). The molecular formula is C20H24N2O2. The molecule has 2 aromatic rings. The molecule has 0 unspecified atom stereocenters. The zero-order valence-corrected chi connectivity index (χ0v) is 14.0. The summed E-state index contributed by atoms with van der Waals surface area (Å²) < 4.78 is 0. The molecule has 0 saturated carbocycles. The Balaban J connectivity index is 1.58. The van der Waals surface area contributed by atoms with Gasteiger partial charge < -0.3 is 10.6 Å². The number of aryl methyl sites for hydroxylation is 2. The SMILES string of the molecule is Cc1ccccc1CCCC(=O)NCCNC(=O)c1ccccc1. The Kier molecular flexibility index (Phi) is 7.02. The number of hydrogen-bond donors (Lipinski definition) is 2. The summed E-state index contributed by atoms with van der Waals surface area (Å²) in [7, 11) is 0. The van der Waals surface area contributed by atoms with E-state index >= 15 is 0 Å². The van der Waals surface area contributed by atoms with Gasteiger partial charge in [0.2, 0.25) is 5.91 Å². The van der Waals surface area contributed by atoms with Gasteiger partial charge in [0.25, 0.3) is 5.91 Å². The Labute approximate surface area is 143 Å². The molecule has 0 aromatic heterocycles. The first-order valence-corrected chi connectivity index (χ1v) is 8.31. The molecule has 4 heteroatoms. The summed E-state index contributed by atoms with van der Waals surface area (Å²) in [6.45, 7) is 2.96. The molecule has 2 amide bonds. The van der Waals surface area contributed by atoms with E-state index in [0.717, 1.165) is 12.8 Å². The standard InChI is InChI=1S/C20H24N2O2/c1-16-8-5-6-9-17(16)12-7-13-19(23)21-14-15-22-20(24)18-10-3-2-4-11-18/h2-6,8-11H,7,12-15H2,1H3,(H,21,23)(H,22,24). The van der Waals surface area contributed by atoms with Gasteiger partial charge in [-0.25, -0.2) is 0 Å². The average Bonchev–Trinajstić information content (AvgIpc) is 2.61. The van der Waals surface area contributed by atoms with Crippen LogP contribution in [-0.4, -0.2) is 24.9 Å². The topological polar surface area (TPSA) is 58.2 Å². The third-order valence-corrected chi connectivity index (χ3v) is 3.88. The van der Waals surface area contributed by atoms with E-state index < -0.39 is 0 Å². The summed E-state index contributed by atoms with van der Waals surface area (Å²) in [5.41, 5.74) is 3.18. The highest BCUT2D eigenvalue weighted by Gasteiger charge is 2.05. The van der Waals surface area contributed by atoms with E-state index in [2.05, 4.69) is 29.7 Å². The number of hydrogen-bond acceptors (Lipinski definition) is 2. The molecule has 24 heavy (non-hydrogen) atoms.